The fraction of sp³-hybridized carbons (Fsp3) is 0.581. The average molecular weight is 641 g/mol. The highest BCUT2D eigenvalue weighted by atomic mass is 32.2. The molecule has 1 aliphatic carbocycles. The molecule has 0 amide bonds. The Morgan fingerprint density at radius 1 is 0.978 bits per heavy atom. The Bertz CT molecular complexity index is 1520. The van der Waals surface area contributed by atoms with E-state index in [-0.39, 0.29) is 12.1 Å². The van der Waals surface area contributed by atoms with Crippen LogP contribution in [0.15, 0.2) is 36.7 Å². The first-order valence-electron chi connectivity index (χ1n) is 15.8. The van der Waals surface area contributed by atoms with Crippen LogP contribution in [0, 0.1) is 0 Å². The van der Waals surface area contributed by atoms with Crippen molar-refractivity contribution in [1.82, 2.24) is 24.8 Å². The molecule has 0 unspecified atom stereocenters. The summed E-state index contributed by atoms with van der Waals surface area (Å²) in [4.78, 5) is 21.0. The number of morpholine rings is 1. The Morgan fingerprint density at radius 3 is 2.47 bits per heavy atom. The van der Waals surface area contributed by atoms with Crippen LogP contribution in [0.3, 0.4) is 0 Å². The third-order valence-electron chi connectivity index (χ3n) is 8.58. The Balaban J connectivity index is 1.04. The molecule has 14 heteroatoms. The van der Waals surface area contributed by atoms with Gasteiger partial charge in [0.25, 0.3) is 0 Å². The predicted octanol–water partition coefficient (Wildman–Crippen LogP) is 2.66. The maximum Gasteiger partial charge on any atom is 0.229 e. The summed E-state index contributed by atoms with van der Waals surface area (Å²) in [5.74, 6) is 2.88. The maximum atomic E-state index is 11.9. The maximum absolute atomic E-state index is 11.9. The van der Waals surface area contributed by atoms with Crippen molar-refractivity contribution in [2.24, 2.45) is 0 Å². The minimum absolute atomic E-state index is 0.0192. The standard InChI is InChI=1S/C31H44N8O5S/c1-37-9-11-38(12-10-37)13-18-43-26-7-8-29(33-22-26)34-23-3-5-25(6-4-23)44-31-27-19-24(36-45(2,40)41)21-32-28(27)20-30(35-31)39-14-16-42-17-15-39/h7-8,19-23,25,36H,3-6,9-18H2,1-2H3,(H,33,34). The van der Waals surface area contributed by atoms with Gasteiger partial charge >= 0.3 is 0 Å². The number of ether oxygens (including phenoxy) is 3. The molecular formula is C31H44N8O5S. The van der Waals surface area contributed by atoms with E-state index in [4.69, 9.17) is 19.2 Å². The van der Waals surface area contributed by atoms with Crippen molar-refractivity contribution in [1.29, 1.82) is 0 Å². The number of anilines is 3. The van der Waals surface area contributed by atoms with Gasteiger partial charge in [0.05, 0.1) is 48.5 Å². The zero-order valence-electron chi connectivity index (χ0n) is 26.2. The van der Waals surface area contributed by atoms with Crippen LogP contribution < -0.4 is 24.4 Å². The fourth-order valence-corrected chi connectivity index (χ4v) is 6.54. The summed E-state index contributed by atoms with van der Waals surface area (Å²) in [6.07, 6.45) is 7.97. The molecule has 45 heavy (non-hydrogen) atoms. The molecule has 6 rings (SSSR count). The minimum Gasteiger partial charge on any atom is -0.491 e. The molecule has 2 saturated heterocycles. The normalized spacial score (nSPS) is 21.9. The van der Waals surface area contributed by atoms with Crippen molar-refractivity contribution in [3.05, 3.63) is 36.7 Å². The molecule has 0 atom stereocenters. The number of likely N-dealkylation sites (N-methyl/N-ethyl adjacent to an activating group) is 1. The highest BCUT2D eigenvalue weighted by molar-refractivity contribution is 7.92. The van der Waals surface area contributed by atoms with Crippen LogP contribution in [-0.2, 0) is 14.8 Å². The molecule has 1 saturated carbocycles. The number of fused-ring (bicyclic) bond motifs is 1. The minimum atomic E-state index is -3.45. The molecule has 3 aromatic rings. The lowest BCUT2D eigenvalue weighted by Gasteiger charge is -2.32. The van der Waals surface area contributed by atoms with Crippen LogP contribution in [0.2, 0.25) is 0 Å². The largest absolute Gasteiger partial charge is 0.491 e. The van der Waals surface area contributed by atoms with Crippen molar-refractivity contribution in [2.75, 3.05) is 93.9 Å². The Morgan fingerprint density at radius 2 is 1.76 bits per heavy atom. The second-order valence-electron chi connectivity index (χ2n) is 12.2. The van der Waals surface area contributed by atoms with E-state index in [1.807, 2.05) is 18.2 Å². The molecule has 0 spiro atoms. The van der Waals surface area contributed by atoms with E-state index in [0.29, 0.717) is 42.3 Å². The molecule has 5 heterocycles. The van der Waals surface area contributed by atoms with Crippen molar-refractivity contribution in [3.63, 3.8) is 0 Å². The Hall–Kier alpha value is -3.46. The van der Waals surface area contributed by atoms with E-state index in [2.05, 4.69) is 41.8 Å². The van der Waals surface area contributed by atoms with E-state index < -0.39 is 10.0 Å². The van der Waals surface area contributed by atoms with E-state index >= 15 is 0 Å². The third kappa shape index (κ3) is 8.84. The highest BCUT2D eigenvalue weighted by Crippen LogP contribution is 2.33. The quantitative estimate of drug-likeness (QED) is 0.319. The summed E-state index contributed by atoms with van der Waals surface area (Å²) >= 11 is 0. The predicted molar refractivity (Wildman–Crippen MR) is 175 cm³/mol. The number of hydrogen-bond acceptors (Lipinski definition) is 12. The summed E-state index contributed by atoms with van der Waals surface area (Å²) in [6.45, 7) is 8.72. The molecular weight excluding hydrogens is 596 g/mol. The topological polar surface area (TPSA) is 134 Å². The molecule has 2 aliphatic heterocycles. The highest BCUT2D eigenvalue weighted by Gasteiger charge is 2.25. The van der Waals surface area contributed by atoms with Gasteiger partial charge in [-0.2, -0.15) is 4.98 Å². The van der Waals surface area contributed by atoms with Crippen LogP contribution in [0.25, 0.3) is 10.9 Å². The number of sulfonamides is 1. The van der Waals surface area contributed by atoms with E-state index in [1.54, 1.807) is 12.3 Å². The third-order valence-corrected chi connectivity index (χ3v) is 9.19. The Kier molecular flexibility index (Phi) is 10.0. The van der Waals surface area contributed by atoms with E-state index in [1.165, 1.54) is 6.20 Å². The summed E-state index contributed by atoms with van der Waals surface area (Å²) in [5.41, 5.74) is 1.08. The lowest BCUT2D eigenvalue weighted by molar-refractivity contribution is 0.122. The van der Waals surface area contributed by atoms with Crippen molar-refractivity contribution in [2.45, 2.75) is 37.8 Å². The van der Waals surface area contributed by atoms with Crippen LogP contribution in [-0.4, -0.2) is 124 Å². The van der Waals surface area contributed by atoms with Crippen LogP contribution in [0.5, 0.6) is 11.6 Å². The molecule has 3 fully saturated rings. The molecule has 244 valence electrons. The number of aromatic nitrogens is 3. The van der Waals surface area contributed by atoms with Crippen molar-refractivity contribution < 1.29 is 22.6 Å². The summed E-state index contributed by atoms with van der Waals surface area (Å²) in [6, 6.07) is 7.92. The van der Waals surface area contributed by atoms with Crippen LogP contribution in [0.1, 0.15) is 25.7 Å². The number of nitrogens with one attached hydrogen (secondary N) is 2. The molecule has 0 aromatic carbocycles. The van der Waals surface area contributed by atoms with Crippen LogP contribution in [0.4, 0.5) is 17.3 Å². The second kappa shape index (κ2) is 14.3. The Labute approximate surface area is 265 Å². The van der Waals surface area contributed by atoms with Crippen LogP contribution >= 0.6 is 0 Å². The molecule has 13 nitrogen and oxygen atoms in total. The molecule has 2 N–H and O–H groups in total. The van der Waals surface area contributed by atoms with Gasteiger partial charge in [0.15, 0.2) is 0 Å². The number of hydrogen-bond donors (Lipinski definition) is 2. The lowest BCUT2D eigenvalue weighted by Crippen LogP contribution is -2.45. The number of piperazine rings is 1. The van der Waals surface area contributed by atoms with Gasteiger partial charge in [-0.25, -0.2) is 13.4 Å². The molecule has 0 radical (unpaired) electrons. The zero-order chi connectivity index (χ0) is 31.2. The second-order valence-corrected chi connectivity index (χ2v) is 13.9. The lowest BCUT2D eigenvalue weighted by atomic mass is 9.93. The monoisotopic (exact) mass is 640 g/mol. The number of rotatable bonds is 11. The number of pyridine rings is 3. The van der Waals surface area contributed by atoms with Gasteiger partial charge < -0.3 is 29.3 Å². The first kappa shape index (κ1) is 31.5. The van der Waals surface area contributed by atoms with E-state index in [9.17, 15) is 8.42 Å². The zero-order valence-corrected chi connectivity index (χ0v) is 27.0. The van der Waals surface area contributed by atoms with Gasteiger partial charge in [-0.05, 0) is 50.9 Å². The van der Waals surface area contributed by atoms with Gasteiger partial charge in [-0.15, -0.1) is 0 Å². The summed E-state index contributed by atoms with van der Waals surface area (Å²) in [5, 5.41) is 4.25. The van der Waals surface area contributed by atoms with Gasteiger partial charge in [-0.1, -0.05) is 0 Å². The SMILES string of the molecule is CN1CCN(CCOc2ccc(NC3CCC(Oc4nc(N5CCOCC5)cc5ncc(NS(C)(=O)=O)cc45)CC3)nc2)CC1. The molecule has 3 aromatic heterocycles. The first-order valence-corrected chi connectivity index (χ1v) is 17.7. The van der Waals surface area contributed by atoms with Gasteiger partial charge in [0.2, 0.25) is 15.9 Å². The van der Waals surface area contributed by atoms with E-state index in [0.717, 1.165) is 95.1 Å². The van der Waals surface area contributed by atoms with Crippen molar-refractivity contribution >= 4 is 38.2 Å². The first-order chi connectivity index (χ1) is 21.8. The van der Waals surface area contributed by atoms with Gasteiger partial charge in [0, 0.05) is 57.9 Å². The van der Waals surface area contributed by atoms with Crippen molar-refractivity contribution in [3.8, 4) is 11.6 Å². The van der Waals surface area contributed by atoms with Gasteiger partial charge in [-0.3, -0.25) is 14.6 Å². The summed E-state index contributed by atoms with van der Waals surface area (Å²) in [7, 11) is -1.29. The summed E-state index contributed by atoms with van der Waals surface area (Å²) < 4.78 is 44.2. The molecule has 0 bridgehead atoms. The fourth-order valence-electron chi connectivity index (χ4n) is 6.00. The van der Waals surface area contributed by atoms with Gasteiger partial charge in [0.1, 0.15) is 30.1 Å². The number of nitrogens with zero attached hydrogens (tertiary/aromatic N) is 6. The average Bonchev–Trinajstić information content (AvgIpc) is 3.03. The molecule has 3 aliphatic rings. The smallest absolute Gasteiger partial charge is 0.229 e.